The molecule has 0 radical (unpaired) electrons. The van der Waals surface area contributed by atoms with Gasteiger partial charge in [0.1, 0.15) is 11.6 Å². The lowest BCUT2D eigenvalue weighted by Gasteiger charge is -2.10. The summed E-state index contributed by atoms with van der Waals surface area (Å²) < 4.78 is 44.0. The molecule has 0 amide bonds. The predicted octanol–water partition coefficient (Wildman–Crippen LogP) is 4.38. The summed E-state index contributed by atoms with van der Waals surface area (Å²) in [5.41, 5.74) is 1.46. The number of non-ortho nitro benzene ring substituents is 1. The van der Waals surface area contributed by atoms with Crippen molar-refractivity contribution in [3.63, 3.8) is 0 Å². The van der Waals surface area contributed by atoms with Crippen molar-refractivity contribution in [3.05, 3.63) is 88.2 Å². The number of nitrogens with zero attached hydrogens (tertiary/aromatic N) is 1. The van der Waals surface area contributed by atoms with Crippen molar-refractivity contribution in [2.75, 3.05) is 7.11 Å². The maximum atomic E-state index is 13.1. The van der Waals surface area contributed by atoms with Crippen molar-refractivity contribution in [3.8, 4) is 16.9 Å². The second-order valence-electron chi connectivity index (χ2n) is 6.05. The number of hydrogen-bond donors (Lipinski definition) is 0. The van der Waals surface area contributed by atoms with Crippen molar-refractivity contribution in [1.82, 2.24) is 0 Å². The molecule has 144 valence electrons. The first-order valence-electron chi connectivity index (χ1n) is 8.20. The Hall–Kier alpha value is -3.26. The highest BCUT2D eigenvalue weighted by Gasteiger charge is 2.20. The number of nitro benzene ring substituents is 1. The summed E-state index contributed by atoms with van der Waals surface area (Å²) in [6.07, 6.45) is 0. The highest BCUT2D eigenvalue weighted by Crippen LogP contribution is 2.29. The minimum atomic E-state index is -3.74. The van der Waals surface area contributed by atoms with Crippen molar-refractivity contribution in [1.29, 1.82) is 0 Å². The Labute approximate surface area is 161 Å². The summed E-state index contributed by atoms with van der Waals surface area (Å²) in [5, 5.41) is 10.9. The lowest BCUT2D eigenvalue weighted by atomic mass is 10.1. The molecule has 0 aromatic heterocycles. The molecule has 0 aliphatic carbocycles. The van der Waals surface area contributed by atoms with Gasteiger partial charge < -0.3 is 4.74 Å². The zero-order valence-electron chi connectivity index (χ0n) is 14.8. The lowest BCUT2D eigenvalue weighted by molar-refractivity contribution is -0.384. The third-order valence-corrected chi connectivity index (χ3v) is 5.86. The number of hydrogen-bond acceptors (Lipinski definition) is 5. The quantitative estimate of drug-likeness (QED) is 0.452. The van der Waals surface area contributed by atoms with E-state index in [1.165, 1.54) is 49.6 Å². The van der Waals surface area contributed by atoms with E-state index in [-0.39, 0.29) is 27.9 Å². The van der Waals surface area contributed by atoms with Crippen LogP contribution in [0.3, 0.4) is 0 Å². The third kappa shape index (κ3) is 4.17. The predicted molar refractivity (Wildman–Crippen MR) is 102 cm³/mol. The van der Waals surface area contributed by atoms with E-state index in [0.717, 1.165) is 0 Å². The number of ether oxygens (including phenoxy) is 1. The molecule has 0 aliphatic heterocycles. The summed E-state index contributed by atoms with van der Waals surface area (Å²) in [4.78, 5) is 10.4. The van der Waals surface area contributed by atoms with Gasteiger partial charge >= 0.3 is 0 Å². The van der Waals surface area contributed by atoms with Crippen molar-refractivity contribution in [2.45, 2.75) is 10.6 Å². The van der Waals surface area contributed by atoms with E-state index < -0.39 is 14.8 Å². The molecule has 3 aromatic rings. The number of halogens is 1. The van der Waals surface area contributed by atoms with E-state index in [1.807, 2.05) is 0 Å². The van der Waals surface area contributed by atoms with Crippen LogP contribution in [0, 0.1) is 15.9 Å². The Morgan fingerprint density at radius 2 is 1.71 bits per heavy atom. The van der Waals surface area contributed by atoms with Crippen LogP contribution >= 0.6 is 0 Å². The first-order chi connectivity index (χ1) is 13.3. The van der Waals surface area contributed by atoms with E-state index in [9.17, 15) is 22.9 Å². The molecule has 0 saturated carbocycles. The van der Waals surface area contributed by atoms with Crippen LogP contribution in [0.1, 0.15) is 5.56 Å². The number of sulfone groups is 1. The monoisotopic (exact) mass is 401 g/mol. The van der Waals surface area contributed by atoms with Gasteiger partial charge in [0, 0.05) is 11.6 Å². The molecule has 0 heterocycles. The molecule has 0 atom stereocenters. The van der Waals surface area contributed by atoms with Gasteiger partial charge in [0.2, 0.25) is 0 Å². The molecule has 0 unspecified atom stereocenters. The van der Waals surface area contributed by atoms with Crippen molar-refractivity contribution >= 4 is 15.5 Å². The molecule has 0 aliphatic rings. The average molecular weight is 401 g/mol. The van der Waals surface area contributed by atoms with Crippen LogP contribution in [0.15, 0.2) is 71.6 Å². The molecule has 3 rings (SSSR count). The molecule has 0 fully saturated rings. The molecule has 0 saturated heterocycles. The molecular formula is C20H16FNO5S. The van der Waals surface area contributed by atoms with Gasteiger partial charge in [-0.2, -0.15) is 0 Å². The van der Waals surface area contributed by atoms with E-state index >= 15 is 0 Å². The SMILES string of the molecule is COc1cc([N+](=O)[O-])ccc1CS(=O)(=O)c1cccc(-c2ccc(F)cc2)c1. The first kappa shape index (κ1) is 19.5. The highest BCUT2D eigenvalue weighted by molar-refractivity contribution is 7.90. The van der Waals surface area contributed by atoms with E-state index in [4.69, 9.17) is 4.74 Å². The van der Waals surface area contributed by atoms with E-state index in [2.05, 4.69) is 0 Å². The molecule has 8 heteroatoms. The largest absolute Gasteiger partial charge is 0.496 e. The fraction of sp³-hybridized carbons (Fsp3) is 0.100. The standard InChI is InChI=1S/C20H16FNO5S/c1-27-20-12-18(22(23)24)10-7-16(20)13-28(25,26)19-4-2-3-15(11-19)14-5-8-17(21)9-6-14/h2-12H,13H2,1H3. The van der Waals surface area contributed by atoms with Crippen LogP contribution < -0.4 is 4.74 Å². The van der Waals surface area contributed by atoms with Gasteiger partial charge in [-0.1, -0.05) is 24.3 Å². The summed E-state index contributed by atoms with van der Waals surface area (Å²) in [6.45, 7) is 0. The summed E-state index contributed by atoms with van der Waals surface area (Å²) in [5.74, 6) is -0.619. The normalized spacial score (nSPS) is 11.2. The van der Waals surface area contributed by atoms with Gasteiger partial charge in [-0.15, -0.1) is 0 Å². The minimum Gasteiger partial charge on any atom is -0.496 e. The molecule has 0 N–H and O–H groups in total. The Morgan fingerprint density at radius 1 is 1.00 bits per heavy atom. The average Bonchev–Trinajstić information content (AvgIpc) is 2.68. The third-order valence-electron chi connectivity index (χ3n) is 4.20. The zero-order chi connectivity index (χ0) is 20.3. The Kier molecular flexibility index (Phi) is 5.41. The van der Waals surface area contributed by atoms with Crippen molar-refractivity contribution < 1.29 is 22.5 Å². The smallest absolute Gasteiger partial charge is 0.273 e. The van der Waals surface area contributed by atoms with Gasteiger partial charge in [-0.25, -0.2) is 12.8 Å². The molecule has 3 aromatic carbocycles. The van der Waals surface area contributed by atoms with Gasteiger partial charge in [-0.3, -0.25) is 10.1 Å². The van der Waals surface area contributed by atoms with Crippen LogP contribution in [0.5, 0.6) is 5.75 Å². The highest BCUT2D eigenvalue weighted by atomic mass is 32.2. The van der Waals surface area contributed by atoms with E-state index in [0.29, 0.717) is 16.7 Å². The topological polar surface area (TPSA) is 86.5 Å². The summed E-state index contributed by atoms with van der Waals surface area (Å²) >= 11 is 0. The minimum absolute atomic E-state index is 0.0923. The Bertz CT molecular complexity index is 1130. The van der Waals surface area contributed by atoms with E-state index in [1.54, 1.807) is 24.3 Å². The Balaban J connectivity index is 1.95. The maximum absolute atomic E-state index is 13.1. The first-order valence-corrected chi connectivity index (χ1v) is 9.85. The zero-order valence-corrected chi connectivity index (χ0v) is 15.6. The van der Waals surface area contributed by atoms with Crippen LogP contribution in [0.4, 0.5) is 10.1 Å². The fourth-order valence-electron chi connectivity index (χ4n) is 2.77. The van der Waals surface area contributed by atoms with Crippen LogP contribution in [0.2, 0.25) is 0 Å². The summed E-state index contributed by atoms with van der Waals surface area (Å²) in [7, 11) is -2.42. The summed E-state index contributed by atoms with van der Waals surface area (Å²) in [6, 6.07) is 15.9. The molecule has 0 spiro atoms. The number of methoxy groups -OCH3 is 1. The number of benzene rings is 3. The molecule has 0 bridgehead atoms. The number of nitro groups is 1. The molecule has 6 nitrogen and oxygen atoms in total. The van der Waals surface area contributed by atoms with Gasteiger partial charge in [0.25, 0.3) is 5.69 Å². The number of rotatable bonds is 6. The lowest BCUT2D eigenvalue weighted by Crippen LogP contribution is -2.07. The van der Waals surface area contributed by atoms with Crippen LogP contribution in [-0.2, 0) is 15.6 Å². The van der Waals surface area contributed by atoms with Gasteiger partial charge in [0.15, 0.2) is 9.84 Å². The van der Waals surface area contributed by atoms with Crippen LogP contribution in [-0.4, -0.2) is 20.5 Å². The maximum Gasteiger partial charge on any atom is 0.273 e. The fourth-order valence-corrected chi connectivity index (χ4v) is 4.17. The van der Waals surface area contributed by atoms with Crippen LogP contribution in [0.25, 0.3) is 11.1 Å². The van der Waals surface area contributed by atoms with Gasteiger partial charge in [0.05, 0.1) is 28.7 Å². The molecular weight excluding hydrogens is 385 g/mol. The Morgan fingerprint density at radius 3 is 2.36 bits per heavy atom. The second-order valence-corrected chi connectivity index (χ2v) is 8.04. The second kappa shape index (κ2) is 7.77. The van der Waals surface area contributed by atoms with Crippen molar-refractivity contribution in [2.24, 2.45) is 0 Å². The molecule has 28 heavy (non-hydrogen) atoms. The van der Waals surface area contributed by atoms with Gasteiger partial charge in [-0.05, 0) is 41.5 Å².